The van der Waals surface area contributed by atoms with Crippen LogP contribution in [-0.4, -0.2) is 56.5 Å². The predicted molar refractivity (Wildman–Crippen MR) is 93.7 cm³/mol. The normalized spacial score (nSPS) is 11.7. The highest BCUT2D eigenvalue weighted by molar-refractivity contribution is 7.88. The first-order chi connectivity index (χ1) is 11.3. The number of benzene rings is 1. The molecule has 0 unspecified atom stereocenters. The molecule has 7 heteroatoms. The highest BCUT2D eigenvalue weighted by Gasteiger charge is 2.19. The summed E-state index contributed by atoms with van der Waals surface area (Å²) in [4.78, 5) is 13.7. The van der Waals surface area contributed by atoms with E-state index in [1.807, 2.05) is 6.92 Å². The molecular weight excluding hydrogens is 331 g/mol. The van der Waals surface area contributed by atoms with Crippen molar-refractivity contribution in [2.24, 2.45) is 0 Å². The Balaban J connectivity index is 2.61. The molecule has 24 heavy (non-hydrogen) atoms. The number of rotatable bonds is 10. The Morgan fingerprint density at radius 1 is 1.17 bits per heavy atom. The lowest BCUT2D eigenvalue weighted by Crippen LogP contribution is -2.36. The molecule has 0 aliphatic rings. The molecule has 1 aromatic carbocycles. The molecule has 0 atom stereocenters. The molecule has 1 amide bonds. The number of carbonyl (C=O) groups excluding carboxylic acids is 1. The molecule has 0 aromatic heterocycles. The first kappa shape index (κ1) is 20.6. The summed E-state index contributed by atoms with van der Waals surface area (Å²) >= 11 is 0. The van der Waals surface area contributed by atoms with Crippen LogP contribution in [0.1, 0.15) is 31.7 Å². The van der Waals surface area contributed by atoms with Gasteiger partial charge in [0.05, 0.1) is 6.26 Å². The summed E-state index contributed by atoms with van der Waals surface area (Å²) in [5, 5.41) is 0. The van der Waals surface area contributed by atoms with Crippen molar-refractivity contribution in [3.8, 4) is 0 Å². The average Bonchev–Trinajstić information content (AvgIpc) is 2.52. The Bertz CT molecular complexity index is 634. The molecule has 0 saturated carbocycles. The van der Waals surface area contributed by atoms with E-state index in [0.29, 0.717) is 12.1 Å². The zero-order chi connectivity index (χ0) is 18.2. The molecule has 0 aliphatic carbocycles. The molecule has 5 nitrogen and oxygen atoms in total. The molecule has 0 spiro atoms. The number of sulfonamides is 1. The van der Waals surface area contributed by atoms with Crippen LogP contribution in [0.25, 0.3) is 0 Å². The van der Waals surface area contributed by atoms with Gasteiger partial charge in [-0.3, -0.25) is 4.79 Å². The molecule has 0 aliphatic heterocycles. The van der Waals surface area contributed by atoms with Gasteiger partial charge in [0.2, 0.25) is 15.9 Å². The van der Waals surface area contributed by atoms with Gasteiger partial charge in [-0.15, -0.1) is 0 Å². The number of nitrogens with zero attached hydrogens (tertiary/aromatic N) is 2. The van der Waals surface area contributed by atoms with Crippen LogP contribution in [-0.2, 0) is 21.2 Å². The molecule has 0 bridgehead atoms. The first-order valence-corrected chi connectivity index (χ1v) is 10.0. The zero-order valence-corrected chi connectivity index (χ0v) is 15.5. The Labute approximate surface area is 144 Å². The summed E-state index contributed by atoms with van der Waals surface area (Å²) in [5.41, 5.74) is 0.470. The molecule has 1 rings (SSSR count). The number of hydrogen-bond donors (Lipinski definition) is 0. The van der Waals surface area contributed by atoms with E-state index in [1.54, 1.807) is 30.1 Å². The maximum atomic E-state index is 13.6. The molecular formula is C17H27FN2O3S. The Kier molecular flexibility index (Phi) is 8.35. The van der Waals surface area contributed by atoms with Crippen molar-refractivity contribution in [2.45, 2.75) is 32.6 Å². The number of halogens is 1. The minimum atomic E-state index is -3.45. The lowest BCUT2D eigenvalue weighted by molar-refractivity contribution is -0.130. The van der Waals surface area contributed by atoms with Crippen molar-refractivity contribution in [1.82, 2.24) is 9.21 Å². The topological polar surface area (TPSA) is 57.7 Å². The number of unbranched alkanes of at least 4 members (excludes halogenated alkanes) is 1. The monoisotopic (exact) mass is 358 g/mol. The van der Waals surface area contributed by atoms with Crippen LogP contribution in [0.2, 0.25) is 0 Å². The molecule has 0 N–H and O–H groups in total. The van der Waals surface area contributed by atoms with Crippen LogP contribution < -0.4 is 0 Å². The van der Waals surface area contributed by atoms with E-state index < -0.39 is 10.0 Å². The van der Waals surface area contributed by atoms with E-state index in [-0.39, 0.29) is 37.7 Å². The van der Waals surface area contributed by atoms with Crippen LogP contribution in [0.5, 0.6) is 0 Å². The SMILES string of the molecule is CCCCN(C)C(=O)CCN(CCc1ccccc1F)S(C)(=O)=O. The van der Waals surface area contributed by atoms with Crippen molar-refractivity contribution >= 4 is 15.9 Å². The smallest absolute Gasteiger partial charge is 0.223 e. The van der Waals surface area contributed by atoms with Gasteiger partial charge in [-0.05, 0) is 24.5 Å². The number of hydrogen-bond acceptors (Lipinski definition) is 3. The van der Waals surface area contributed by atoms with Gasteiger partial charge in [-0.1, -0.05) is 31.5 Å². The van der Waals surface area contributed by atoms with Gasteiger partial charge in [0.25, 0.3) is 0 Å². The van der Waals surface area contributed by atoms with Gasteiger partial charge in [-0.2, -0.15) is 0 Å². The predicted octanol–water partition coefficient (Wildman–Crippen LogP) is 2.28. The van der Waals surface area contributed by atoms with Crippen molar-refractivity contribution in [3.63, 3.8) is 0 Å². The van der Waals surface area contributed by atoms with Crippen LogP contribution in [0.3, 0.4) is 0 Å². The highest BCUT2D eigenvalue weighted by Crippen LogP contribution is 2.10. The maximum Gasteiger partial charge on any atom is 0.223 e. The van der Waals surface area contributed by atoms with E-state index >= 15 is 0 Å². The fourth-order valence-corrected chi connectivity index (χ4v) is 3.17. The number of carbonyl (C=O) groups is 1. The largest absolute Gasteiger partial charge is 0.346 e. The lowest BCUT2D eigenvalue weighted by Gasteiger charge is -2.22. The third kappa shape index (κ3) is 6.97. The standard InChI is InChI=1S/C17H27FN2O3S/c1-4-5-12-19(2)17(21)11-14-20(24(3,22)23)13-10-15-8-6-7-9-16(15)18/h6-9H,4-5,10-14H2,1-3H3. The number of amides is 1. The summed E-state index contributed by atoms with van der Waals surface area (Å²) in [6.07, 6.45) is 3.44. The quantitative estimate of drug-likeness (QED) is 0.645. The molecule has 136 valence electrons. The van der Waals surface area contributed by atoms with E-state index in [0.717, 1.165) is 19.1 Å². The fourth-order valence-electron chi connectivity index (χ4n) is 2.32. The van der Waals surface area contributed by atoms with Crippen molar-refractivity contribution in [1.29, 1.82) is 0 Å². The van der Waals surface area contributed by atoms with Gasteiger partial charge in [0.1, 0.15) is 5.82 Å². The maximum absolute atomic E-state index is 13.6. The van der Waals surface area contributed by atoms with Crippen LogP contribution >= 0.6 is 0 Å². The third-order valence-electron chi connectivity index (χ3n) is 3.91. The average molecular weight is 358 g/mol. The summed E-state index contributed by atoms with van der Waals surface area (Å²) < 4.78 is 38.7. The van der Waals surface area contributed by atoms with Crippen molar-refractivity contribution in [2.75, 3.05) is 32.9 Å². The molecule has 0 heterocycles. The second-order valence-corrected chi connectivity index (χ2v) is 7.90. The first-order valence-electron chi connectivity index (χ1n) is 8.18. The fraction of sp³-hybridized carbons (Fsp3) is 0.588. The molecule has 0 fully saturated rings. The minimum absolute atomic E-state index is 0.0806. The van der Waals surface area contributed by atoms with Gasteiger partial charge >= 0.3 is 0 Å². The lowest BCUT2D eigenvalue weighted by atomic mass is 10.1. The molecule has 1 aromatic rings. The summed E-state index contributed by atoms with van der Waals surface area (Å²) in [5.74, 6) is -0.427. The van der Waals surface area contributed by atoms with Crippen molar-refractivity contribution in [3.05, 3.63) is 35.6 Å². The van der Waals surface area contributed by atoms with Crippen molar-refractivity contribution < 1.29 is 17.6 Å². The minimum Gasteiger partial charge on any atom is -0.346 e. The molecule has 0 radical (unpaired) electrons. The zero-order valence-electron chi connectivity index (χ0n) is 14.7. The van der Waals surface area contributed by atoms with E-state index in [2.05, 4.69) is 0 Å². The Hall–Kier alpha value is -1.47. The highest BCUT2D eigenvalue weighted by atomic mass is 32.2. The van der Waals surface area contributed by atoms with Gasteiger partial charge < -0.3 is 4.90 Å². The van der Waals surface area contributed by atoms with Crippen LogP contribution in [0.15, 0.2) is 24.3 Å². The van der Waals surface area contributed by atoms with Gasteiger partial charge in [0.15, 0.2) is 0 Å². The van der Waals surface area contributed by atoms with Gasteiger partial charge in [-0.25, -0.2) is 17.1 Å². The third-order valence-corrected chi connectivity index (χ3v) is 5.21. The molecule has 0 saturated heterocycles. The Morgan fingerprint density at radius 2 is 1.83 bits per heavy atom. The summed E-state index contributed by atoms with van der Waals surface area (Å²) in [6, 6.07) is 6.30. The Morgan fingerprint density at radius 3 is 2.42 bits per heavy atom. The summed E-state index contributed by atoms with van der Waals surface area (Å²) in [6.45, 7) is 2.99. The van der Waals surface area contributed by atoms with Crippen LogP contribution in [0, 0.1) is 5.82 Å². The second-order valence-electron chi connectivity index (χ2n) is 5.92. The summed E-state index contributed by atoms with van der Waals surface area (Å²) in [7, 11) is -1.72. The second kappa shape index (κ2) is 9.74. The van der Waals surface area contributed by atoms with E-state index in [1.165, 1.54) is 10.4 Å². The van der Waals surface area contributed by atoms with Gasteiger partial charge in [0, 0.05) is 33.1 Å². The van der Waals surface area contributed by atoms with E-state index in [4.69, 9.17) is 0 Å². The van der Waals surface area contributed by atoms with E-state index in [9.17, 15) is 17.6 Å². The van der Waals surface area contributed by atoms with Crippen LogP contribution in [0.4, 0.5) is 4.39 Å².